The molecule has 1 N–H and O–H groups in total. The van der Waals surface area contributed by atoms with Crippen LogP contribution in [0.15, 0.2) is 48.5 Å². The first kappa shape index (κ1) is 21.7. The molecule has 1 amide bonds. The molecule has 1 fully saturated rings. The predicted octanol–water partition coefficient (Wildman–Crippen LogP) is 3.18. The third-order valence-electron chi connectivity index (χ3n) is 5.79. The molecule has 6 nitrogen and oxygen atoms in total. The molecule has 1 saturated heterocycles. The molecule has 9 heteroatoms. The van der Waals surface area contributed by atoms with Gasteiger partial charge in [-0.05, 0) is 36.5 Å². The van der Waals surface area contributed by atoms with E-state index in [9.17, 15) is 22.0 Å². The number of nitrogens with one attached hydrogen (secondary N) is 1. The summed E-state index contributed by atoms with van der Waals surface area (Å²) in [4.78, 5) is 14.6. The number of alkyl halides is 2. The normalized spacial score (nSPS) is 22.0. The molecule has 0 saturated carbocycles. The highest BCUT2D eigenvalue weighted by atomic mass is 32.2. The smallest absolute Gasteiger partial charge is 0.350 e. The molecule has 0 unspecified atom stereocenters. The second-order valence-corrected chi connectivity index (χ2v) is 9.51. The van der Waals surface area contributed by atoms with Crippen LogP contribution in [0, 0.1) is 0 Å². The molecule has 4 rings (SSSR count). The topological polar surface area (TPSA) is 75.7 Å². The van der Waals surface area contributed by atoms with Crippen LogP contribution in [0.5, 0.6) is 5.75 Å². The van der Waals surface area contributed by atoms with Crippen LogP contribution in [0.3, 0.4) is 0 Å². The lowest BCUT2D eigenvalue weighted by Crippen LogP contribution is -2.58. The van der Waals surface area contributed by atoms with Crippen LogP contribution >= 0.6 is 0 Å². The number of halogens is 2. The van der Waals surface area contributed by atoms with Gasteiger partial charge in [0.15, 0.2) is 0 Å². The van der Waals surface area contributed by atoms with Gasteiger partial charge in [0.2, 0.25) is 5.91 Å². The number of piperidine rings is 1. The lowest BCUT2D eigenvalue weighted by atomic mass is 9.90. The molecule has 0 radical (unpaired) electrons. The van der Waals surface area contributed by atoms with E-state index in [1.165, 1.54) is 0 Å². The minimum atomic E-state index is -4.77. The molecule has 2 bridgehead atoms. The van der Waals surface area contributed by atoms with Crippen LogP contribution in [0.25, 0.3) is 11.1 Å². The lowest BCUT2D eigenvalue weighted by Gasteiger charge is -2.42. The average Bonchev–Trinajstić information content (AvgIpc) is 2.74. The fourth-order valence-electron chi connectivity index (χ4n) is 4.35. The second-order valence-electron chi connectivity index (χ2n) is 7.83. The highest BCUT2D eigenvalue weighted by Crippen LogP contribution is 2.32. The minimum absolute atomic E-state index is 0.118. The first-order valence-corrected chi connectivity index (χ1v) is 11.8. The number of benzene rings is 2. The van der Waals surface area contributed by atoms with E-state index in [1.54, 1.807) is 4.90 Å². The predicted molar refractivity (Wildman–Crippen MR) is 112 cm³/mol. The van der Waals surface area contributed by atoms with Gasteiger partial charge in [0.25, 0.3) is 10.0 Å². The van der Waals surface area contributed by atoms with Crippen LogP contribution in [0.2, 0.25) is 0 Å². The Hall–Kier alpha value is -2.52. The van der Waals surface area contributed by atoms with Crippen molar-refractivity contribution < 1.29 is 26.7 Å². The molecular weight excluding hydrogens is 426 g/mol. The molecule has 0 aliphatic carbocycles. The molecule has 0 spiro atoms. The quantitative estimate of drug-likeness (QED) is 0.780. The van der Waals surface area contributed by atoms with Crippen molar-refractivity contribution in [2.45, 2.75) is 43.5 Å². The zero-order valence-electron chi connectivity index (χ0n) is 16.8. The first-order valence-electron chi connectivity index (χ1n) is 10.2. The Morgan fingerprint density at radius 1 is 1.13 bits per heavy atom. The Kier molecular flexibility index (Phi) is 6.24. The van der Waals surface area contributed by atoms with E-state index in [1.807, 2.05) is 48.5 Å². The lowest BCUT2D eigenvalue weighted by molar-refractivity contribution is -0.136. The van der Waals surface area contributed by atoms with E-state index in [4.69, 9.17) is 4.74 Å². The number of nitrogens with zero attached hydrogens (tertiary/aromatic N) is 1. The summed E-state index contributed by atoms with van der Waals surface area (Å²) in [5.41, 5.74) is 2.72. The largest absolute Gasteiger partial charge is 0.492 e. The van der Waals surface area contributed by atoms with Gasteiger partial charge in [-0.1, -0.05) is 42.5 Å². The van der Waals surface area contributed by atoms with E-state index < -0.39 is 27.9 Å². The monoisotopic (exact) mass is 450 g/mol. The number of ether oxygens (including phenoxy) is 1. The van der Waals surface area contributed by atoms with Gasteiger partial charge < -0.3 is 9.64 Å². The maximum atomic E-state index is 13.0. The number of sulfonamides is 1. The number of hydrogen-bond acceptors (Lipinski definition) is 4. The Balaban J connectivity index is 1.73. The molecule has 166 valence electrons. The number of carbonyl (C=O) groups is 1. The van der Waals surface area contributed by atoms with E-state index in [0.717, 1.165) is 16.7 Å². The molecule has 2 aliphatic heterocycles. The summed E-state index contributed by atoms with van der Waals surface area (Å²) >= 11 is 0. The summed E-state index contributed by atoms with van der Waals surface area (Å²) in [5, 5.41) is 0. The van der Waals surface area contributed by atoms with Gasteiger partial charge in [-0.2, -0.15) is 8.78 Å². The van der Waals surface area contributed by atoms with Crippen molar-refractivity contribution >= 4 is 15.9 Å². The highest BCUT2D eigenvalue weighted by Gasteiger charge is 2.38. The number of carbonyl (C=O) groups excluding carboxylic acids is 1. The Morgan fingerprint density at radius 3 is 2.74 bits per heavy atom. The van der Waals surface area contributed by atoms with Crippen molar-refractivity contribution in [3.8, 4) is 16.9 Å². The van der Waals surface area contributed by atoms with Gasteiger partial charge in [-0.25, -0.2) is 13.1 Å². The minimum Gasteiger partial charge on any atom is -0.492 e. The van der Waals surface area contributed by atoms with Gasteiger partial charge in [0.05, 0.1) is 19.1 Å². The summed E-state index contributed by atoms with van der Waals surface area (Å²) < 4.78 is 57.8. The number of fused-ring (bicyclic) bond motifs is 5. The molecule has 31 heavy (non-hydrogen) atoms. The van der Waals surface area contributed by atoms with Crippen molar-refractivity contribution in [3.63, 3.8) is 0 Å². The van der Waals surface area contributed by atoms with Crippen molar-refractivity contribution in [2.24, 2.45) is 0 Å². The van der Waals surface area contributed by atoms with Gasteiger partial charge in [0, 0.05) is 18.2 Å². The van der Waals surface area contributed by atoms with Crippen molar-refractivity contribution in [3.05, 3.63) is 54.1 Å². The first-order chi connectivity index (χ1) is 14.8. The summed E-state index contributed by atoms with van der Waals surface area (Å²) in [5.74, 6) is -3.01. The van der Waals surface area contributed by atoms with Crippen LogP contribution in [-0.4, -0.2) is 50.2 Å². The standard InChI is InChI=1S/C22H24F2N2O4S/c23-22(24)31(28,29)25-18-8-4-11-26-19(18)14-15-5-3-6-16(13-15)17-7-1-2-9-20(17)30-12-10-21(26)27/h1-3,5-7,9,13,18-19,22,25H,4,8,10-12,14H2/t18-,19-/m0/s1. The van der Waals surface area contributed by atoms with Gasteiger partial charge in [-0.3, -0.25) is 4.79 Å². The Morgan fingerprint density at radius 2 is 1.94 bits per heavy atom. The van der Waals surface area contributed by atoms with Crippen molar-refractivity contribution in [1.29, 1.82) is 0 Å². The van der Waals surface area contributed by atoms with E-state index in [0.29, 0.717) is 31.6 Å². The Labute approximate surface area is 180 Å². The fourth-order valence-corrected chi connectivity index (χ4v) is 5.15. The third kappa shape index (κ3) is 4.72. The van der Waals surface area contributed by atoms with Crippen molar-refractivity contribution in [2.75, 3.05) is 13.2 Å². The van der Waals surface area contributed by atoms with Crippen LogP contribution in [-0.2, 0) is 21.2 Å². The molecule has 2 aromatic rings. The molecule has 0 aromatic heterocycles. The average molecular weight is 451 g/mol. The van der Waals surface area contributed by atoms with Gasteiger partial charge >= 0.3 is 5.76 Å². The number of rotatable bonds is 3. The van der Waals surface area contributed by atoms with Gasteiger partial charge in [-0.15, -0.1) is 0 Å². The maximum Gasteiger partial charge on any atom is 0.350 e. The summed E-state index contributed by atoms with van der Waals surface area (Å²) in [7, 11) is -4.77. The van der Waals surface area contributed by atoms with Crippen molar-refractivity contribution in [1.82, 2.24) is 9.62 Å². The Bertz CT molecular complexity index is 1060. The van der Waals surface area contributed by atoms with Gasteiger partial charge in [0.1, 0.15) is 5.75 Å². The van der Waals surface area contributed by atoms with Crippen LogP contribution < -0.4 is 9.46 Å². The molecule has 2 aromatic carbocycles. The maximum absolute atomic E-state index is 13.0. The fraction of sp³-hybridized carbons (Fsp3) is 0.409. The highest BCUT2D eigenvalue weighted by molar-refractivity contribution is 7.89. The van der Waals surface area contributed by atoms with E-state index in [-0.39, 0.29) is 18.9 Å². The summed E-state index contributed by atoms with van der Waals surface area (Å²) in [6.07, 6.45) is 1.40. The van der Waals surface area contributed by atoms with Crippen LogP contribution in [0.1, 0.15) is 24.8 Å². The summed E-state index contributed by atoms with van der Waals surface area (Å²) in [6, 6.07) is 14.0. The number of hydrogen-bond donors (Lipinski definition) is 1. The van der Waals surface area contributed by atoms with Crippen LogP contribution in [0.4, 0.5) is 8.78 Å². The molecule has 2 atom stereocenters. The third-order valence-corrected chi connectivity index (χ3v) is 6.89. The second kappa shape index (κ2) is 8.92. The zero-order valence-corrected chi connectivity index (χ0v) is 17.7. The van der Waals surface area contributed by atoms with E-state index in [2.05, 4.69) is 4.72 Å². The van der Waals surface area contributed by atoms with E-state index >= 15 is 0 Å². The SMILES string of the molecule is O=C1CCOc2ccccc2-c2cccc(c2)C[C@H]2[C@@H](NS(=O)(=O)C(F)F)CCCN12. The molecule has 2 aliphatic rings. The summed E-state index contributed by atoms with van der Waals surface area (Å²) in [6.45, 7) is 0.624. The number of amides is 1. The molecule has 2 heterocycles. The number of para-hydroxylation sites is 1. The molecular formula is C22H24F2N2O4S. The zero-order chi connectivity index (χ0) is 22.0.